The van der Waals surface area contributed by atoms with Crippen molar-refractivity contribution >= 4 is 5.95 Å². The lowest BCUT2D eigenvalue weighted by atomic mass is 10.1. The first-order valence-corrected chi connectivity index (χ1v) is 9.36. The summed E-state index contributed by atoms with van der Waals surface area (Å²) in [5.74, 6) is 1.34. The normalized spacial score (nSPS) is 16.9. The van der Waals surface area contributed by atoms with Gasteiger partial charge in [-0.2, -0.15) is 5.10 Å². The van der Waals surface area contributed by atoms with Gasteiger partial charge in [-0.25, -0.2) is 14.6 Å². The molecule has 2 aromatic heterocycles. The lowest BCUT2D eigenvalue weighted by Crippen LogP contribution is -2.23. The largest absolute Gasteiger partial charge is 0.384 e. The zero-order chi connectivity index (χ0) is 18.8. The second-order valence-corrected chi connectivity index (χ2v) is 7.09. The number of anilines is 1. The predicted molar refractivity (Wildman–Crippen MR) is 106 cm³/mol. The van der Waals surface area contributed by atoms with Crippen LogP contribution in [0.25, 0.3) is 16.9 Å². The summed E-state index contributed by atoms with van der Waals surface area (Å²) >= 11 is 0. The standard InChI is InChI=1S/C21H25N5O/c1-15-20(16(2)26(24-15)18-7-5-4-6-8-18)19-9-11-22-21(23-19)25-12-10-17(13-25)14-27-3/h4-9,11,17H,10,12-14H2,1-3H3/t17-/m1/s1. The number of hydrogen-bond acceptors (Lipinski definition) is 5. The fourth-order valence-corrected chi connectivity index (χ4v) is 3.86. The molecule has 0 radical (unpaired) electrons. The Morgan fingerprint density at radius 1 is 1.15 bits per heavy atom. The Hall–Kier alpha value is -2.73. The Kier molecular flexibility index (Phi) is 4.90. The summed E-state index contributed by atoms with van der Waals surface area (Å²) in [5, 5.41) is 4.75. The predicted octanol–water partition coefficient (Wildman–Crippen LogP) is 3.42. The third-order valence-corrected chi connectivity index (χ3v) is 5.16. The van der Waals surface area contributed by atoms with Gasteiger partial charge in [-0.1, -0.05) is 18.2 Å². The number of para-hydroxylation sites is 1. The van der Waals surface area contributed by atoms with E-state index in [1.807, 2.05) is 42.1 Å². The van der Waals surface area contributed by atoms with E-state index in [4.69, 9.17) is 14.8 Å². The van der Waals surface area contributed by atoms with Crippen LogP contribution in [0.5, 0.6) is 0 Å². The van der Waals surface area contributed by atoms with Crippen molar-refractivity contribution < 1.29 is 4.74 Å². The van der Waals surface area contributed by atoms with Gasteiger partial charge in [0.2, 0.25) is 5.95 Å². The number of hydrogen-bond donors (Lipinski definition) is 0. The van der Waals surface area contributed by atoms with Gasteiger partial charge in [-0.3, -0.25) is 0 Å². The quantitative estimate of drug-likeness (QED) is 0.695. The van der Waals surface area contributed by atoms with Crippen LogP contribution in [0, 0.1) is 19.8 Å². The monoisotopic (exact) mass is 363 g/mol. The fraction of sp³-hybridized carbons (Fsp3) is 0.381. The summed E-state index contributed by atoms with van der Waals surface area (Å²) in [5.41, 5.74) is 5.12. The van der Waals surface area contributed by atoms with Crippen LogP contribution >= 0.6 is 0 Å². The molecule has 0 aliphatic carbocycles. The van der Waals surface area contributed by atoms with Crippen LogP contribution in [0.4, 0.5) is 5.95 Å². The number of aromatic nitrogens is 4. The van der Waals surface area contributed by atoms with E-state index >= 15 is 0 Å². The van der Waals surface area contributed by atoms with Gasteiger partial charge < -0.3 is 9.64 Å². The summed E-state index contributed by atoms with van der Waals surface area (Å²) in [6.07, 6.45) is 2.96. The molecular weight excluding hydrogens is 338 g/mol. The van der Waals surface area contributed by atoms with Crippen molar-refractivity contribution in [1.29, 1.82) is 0 Å². The van der Waals surface area contributed by atoms with Gasteiger partial charge in [-0.05, 0) is 38.5 Å². The number of benzene rings is 1. The highest BCUT2D eigenvalue weighted by molar-refractivity contribution is 5.66. The molecule has 1 aromatic carbocycles. The topological polar surface area (TPSA) is 56.1 Å². The number of ether oxygens (including phenoxy) is 1. The molecule has 1 atom stereocenters. The number of methoxy groups -OCH3 is 1. The zero-order valence-electron chi connectivity index (χ0n) is 16.1. The van der Waals surface area contributed by atoms with Gasteiger partial charge >= 0.3 is 0 Å². The molecule has 1 aliphatic heterocycles. The third kappa shape index (κ3) is 3.45. The third-order valence-electron chi connectivity index (χ3n) is 5.16. The van der Waals surface area contributed by atoms with E-state index in [-0.39, 0.29) is 0 Å². The minimum absolute atomic E-state index is 0.548. The highest BCUT2D eigenvalue weighted by Crippen LogP contribution is 2.29. The summed E-state index contributed by atoms with van der Waals surface area (Å²) in [4.78, 5) is 11.6. The molecular formula is C21H25N5O. The van der Waals surface area contributed by atoms with E-state index in [1.165, 1.54) is 0 Å². The zero-order valence-corrected chi connectivity index (χ0v) is 16.1. The van der Waals surface area contributed by atoms with E-state index < -0.39 is 0 Å². The molecule has 0 unspecified atom stereocenters. The number of nitrogens with zero attached hydrogens (tertiary/aromatic N) is 5. The number of aryl methyl sites for hydroxylation is 1. The van der Waals surface area contributed by atoms with Gasteiger partial charge in [0, 0.05) is 37.9 Å². The Morgan fingerprint density at radius 3 is 2.74 bits per heavy atom. The first-order valence-electron chi connectivity index (χ1n) is 9.36. The summed E-state index contributed by atoms with van der Waals surface area (Å²) in [7, 11) is 1.76. The fourth-order valence-electron chi connectivity index (χ4n) is 3.86. The highest BCUT2D eigenvalue weighted by atomic mass is 16.5. The second kappa shape index (κ2) is 7.48. The molecule has 3 heterocycles. The van der Waals surface area contributed by atoms with Gasteiger partial charge in [-0.15, -0.1) is 0 Å². The second-order valence-electron chi connectivity index (χ2n) is 7.09. The van der Waals surface area contributed by atoms with Gasteiger partial charge in [0.25, 0.3) is 0 Å². The van der Waals surface area contributed by atoms with E-state index in [9.17, 15) is 0 Å². The van der Waals surface area contributed by atoms with Crippen molar-refractivity contribution in [2.75, 3.05) is 31.7 Å². The molecule has 0 amide bonds. The van der Waals surface area contributed by atoms with Gasteiger partial charge in [0.05, 0.1) is 29.4 Å². The van der Waals surface area contributed by atoms with Crippen LogP contribution < -0.4 is 4.90 Å². The van der Waals surface area contributed by atoms with E-state index in [0.29, 0.717) is 5.92 Å². The first-order chi connectivity index (χ1) is 13.2. The molecule has 1 aliphatic rings. The Bertz CT molecular complexity index is 922. The molecule has 0 N–H and O–H groups in total. The average Bonchev–Trinajstić information content (AvgIpc) is 3.27. The maximum absolute atomic E-state index is 5.30. The van der Waals surface area contributed by atoms with Gasteiger partial charge in [0.15, 0.2) is 0 Å². The minimum atomic E-state index is 0.548. The maximum atomic E-state index is 5.30. The van der Waals surface area contributed by atoms with Crippen molar-refractivity contribution in [3.8, 4) is 16.9 Å². The van der Waals surface area contributed by atoms with Crippen LogP contribution in [-0.4, -0.2) is 46.6 Å². The lowest BCUT2D eigenvalue weighted by molar-refractivity contribution is 0.161. The lowest BCUT2D eigenvalue weighted by Gasteiger charge is -2.17. The molecule has 0 bridgehead atoms. The molecule has 0 spiro atoms. The van der Waals surface area contributed by atoms with Crippen molar-refractivity contribution in [2.24, 2.45) is 5.92 Å². The van der Waals surface area contributed by atoms with Crippen molar-refractivity contribution in [3.05, 3.63) is 54.0 Å². The molecule has 0 saturated carbocycles. The smallest absolute Gasteiger partial charge is 0.225 e. The molecule has 1 fully saturated rings. The van der Waals surface area contributed by atoms with Crippen LogP contribution in [0.15, 0.2) is 42.6 Å². The summed E-state index contributed by atoms with van der Waals surface area (Å²) < 4.78 is 7.28. The summed E-state index contributed by atoms with van der Waals surface area (Å²) in [6, 6.07) is 12.2. The minimum Gasteiger partial charge on any atom is -0.384 e. The van der Waals surface area contributed by atoms with E-state index in [0.717, 1.165) is 60.4 Å². The highest BCUT2D eigenvalue weighted by Gasteiger charge is 2.25. The Morgan fingerprint density at radius 2 is 1.96 bits per heavy atom. The number of rotatable bonds is 5. The average molecular weight is 363 g/mol. The molecule has 140 valence electrons. The molecule has 6 nitrogen and oxygen atoms in total. The van der Waals surface area contributed by atoms with E-state index in [1.54, 1.807) is 7.11 Å². The maximum Gasteiger partial charge on any atom is 0.225 e. The van der Waals surface area contributed by atoms with Crippen LogP contribution in [0.3, 0.4) is 0 Å². The van der Waals surface area contributed by atoms with Crippen LogP contribution in [0.1, 0.15) is 17.8 Å². The van der Waals surface area contributed by atoms with Crippen molar-refractivity contribution in [1.82, 2.24) is 19.7 Å². The SMILES string of the molecule is COC[C@@H]1CCN(c2nccc(-c3c(C)nn(-c4ccccc4)c3C)n2)C1. The van der Waals surface area contributed by atoms with Crippen molar-refractivity contribution in [3.63, 3.8) is 0 Å². The first kappa shape index (κ1) is 17.7. The van der Waals surface area contributed by atoms with Crippen molar-refractivity contribution in [2.45, 2.75) is 20.3 Å². The van der Waals surface area contributed by atoms with E-state index in [2.05, 4.69) is 28.9 Å². The molecule has 27 heavy (non-hydrogen) atoms. The Balaban J connectivity index is 1.66. The molecule has 1 saturated heterocycles. The Labute approximate surface area is 159 Å². The molecule has 6 heteroatoms. The molecule has 3 aromatic rings. The van der Waals surface area contributed by atoms with Gasteiger partial charge in [0.1, 0.15) is 0 Å². The molecule has 4 rings (SSSR count). The van der Waals surface area contributed by atoms with Crippen LogP contribution in [-0.2, 0) is 4.74 Å². The summed E-state index contributed by atoms with van der Waals surface area (Å²) in [6.45, 7) is 6.83. The van der Waals surface area contributed by atoms with Crippen LogP contribution in [0.2, 0.25) is 0 Å².